The van der Waals surface area contributed by atoms with E-state index in [0.29, 0.717) is 26.2 Å². The molecule has 1 amide bonds. The predicted octanol–water partition coefficient (Wildman–Crippen LogP) is -0.529. The fourth-order valence-electron chi connectivity index (χ4n) is 3.42. The fourth-order valence-corrected chi connectivity index (χ4v) is 5.20. The number of ether oxygens (including phenoxy) is 2. The maximum atomic E-state index is 12.3. The maximum absolute atomic E-state index is 12.3. The van der Waals surface area contributed by atoms with Crippen LogP contribution in [-0.4, -0.2) is 87.4 Å². The molecule has 0 aliphatic carbocycles. The molecule has 0 aromatic rings. The number of likely N-dealkylation sites (tertiary alicyclic amines) is 1. The number of hydrogen-bond donors (Lipinski definition) is 0. The highest BCUT2D eigenvalue weighted by Crippen LogP contribution is 2.31. The molecule has 1 atom stereocenters. The highest BCUT2D eigenvalue weighted by Gasteiger charge is 2.40. The number of piperidine rings is 1. The molecule has 1 spiro atoms. The van der Waals surface area contributed by atoms with Gasteiger partial charge in [-0.25, -0.2) is 8.42 Å². The van der Waals surface area contributed by atoms with Crippen LogP contribution in [0.3, 0.4) is 0 Å². The van der Waals surface area contributed by atoms with E-state index in [1.165, 1.54) is 0 Å². The smallest absolute Gasteiger partial charge is 0.236 e. The van der Waals surface area contributed by atoms with Crippen molar-refractivity contribution >= 4 is 15.7 Å². The zero-order chi connectivity index (χ0) is 15.8. The molecule has 126 valence electrons. The third kappa shape index (κ3) is 3.45. The Morgan fingerprint density at radius 3 is 2.45 bits per heavy atom. The summed E-state index contributed by atoms with van der Waals surface area (Å²) in [5.74, 6) is -0.146. The zero-order valence-electron chi connectivity index (χ0n) is 13.0. The highest BCUT2D eigenvalue weighted by atomic mass is 32.2. The van der Waals surface area contributed by atoms with E-state index >= 15 is 0 Å². The average Bonchev–Trinajstić information content (AvgIpc) is 3.08. The Bertz CT molecular complexity index is 519. The molecular weight excluding hydrogens is 308 g/mol. The molecule has 3 rings (SSSR count). The Kier molecular flexibility index (Phi) is 4.46. The van der Waals surface area contributed by atoms with Crippen LogP contribution >= 0.6 is 0 Å². The van der Waals surface area contributed by atoms with Gasteiger partial charge in [-0.15, -0.1) is 0 Å². The van der Waals surface area contributed by atoms with Crippen LogP contribution in [0.25, 0.3) is 0 Å². The molecule has 0 bridgehead atoms. The topological polar surface area (TPSA) is 76.2 Å². The van der Waals surface area contributed by atoms with Crippen LogP contribution in [0.5, 0.6) is 0 Å². The van der Waals surface area contributed by atoms with Crippen molar-refractivity contribution in [2.45, 2.75) is 31.1 Å². The lowest BCUT2D eigenvalue weighted by Crippen LogP contribution is -2.49. The van der Waals surface area contributed by atoms with Gasteiger partial charge in [-0.05, 0) is 6.42 Å². The lowest BCUT2D eigenvalue weighted by Gasteiger charge is -2.38. The molecule has 3 heterocycles. The first-order chi connectivity index (χ1) is 10.4. The van der Waals surface area contributed by atoms with Gasteiger partial charge < -0.3 is 14.4 Å². The van der Waals surface area contributed by atoms with Gasteiger partial charge in [-0.2, -0.15) is 0 Å². The Balaban J connectivity index is 1.48. The molecule has 22 heavy (non-hydrogen) atoms. The van der Waals surface area contributed by atoms with E-state index in [1.54, 1.807) is 11.9 Å². The standard InChI is InChI=1S/C14H24N2O5S/c1-15(12-2-9-22(18,19)11-12)13(17)10-16-5-3-14(4-6-16)20-7-8-21-14/h12H,2-11H2,1H3. The van der Waals surface area contributed by atoms with Crippen LogP contribution < -0.4 is 0 Å². The molecule has 0 aromatic heterocycles. The average molecular weight is 332 g/mol. The minimum Gasteiger partial charge on any atom is -0.347 e. The van der Waals surface area contributed by atoms with Crippen molar-refractivity contribution in [2.24, 2.45) is 0 Å². The Morgan fingerprint density at radius 1 is 1.27 bits per heavy atom. The van der Waals surface area contributed by atoms with Crippen LogP contribution in [0.15, 0.2) is 0 Å². The van der Waals surface area contributed by atoms with E-state index in [9.17, 15) is 13.2 Å². The predicted molar refractivity (Wildman–Crippen MR) is 80.1 cm³/mol. The van der Waals surface area contributed by atoms with Gasteiger partial charge in [0.15, 0.2) is 15.6 Å². The van der Waals surface area contributed by atoms with Crippen molar-refractivity contribution in [3.8, 4) is 0 Å². The summed E-state index contributed by atoms with van der Waals surface area (Å²) < 4.78 is 34.4. The third-order valence-corrected chi connectivity index (χ3v) is 6.69. The van der Waals surface area contributed by atoms with Crippen molar-refractivity contribution in [1.29, 1.82) is 0 Å². The summed E-state index contributed by atoms with van der Waals surface area (Å²) in [5, 5.41) is 0. The summed E-state index contributed by atoms with van der Waals surface area (Å²) in [7, 11) is -1.25. The summed E-state index contributed by atoms with van der Waals surface area (Å²) >= 11 is 0. The number of carbonyl (C=O) groups is 1. The molecule has 0 radical (unpaired) electrons. The van der Waals surface area contributed by atoms with Crippen molar-refractivity contribution in [3.05, 3.63) is 0 Å². The van der Waals surface area contributed by atoms with E-state index in [1.807, 2.05) is 0 Å². The molecule has 0 saturated carbocycles. The van der Waals surface area contributed by atoms with Gasteiger partial charge in [0.1, 0.15) is 0 Å². The lowest BCUT2D eigenvalue weighted by molar-refractivity contribution is -0.186. The second-order valence-electron chi connectivity index (χ2n) is 6.45. The summed E-state index contributed by atoms with van der Waals surface area (Å²) in [6.07, 6.45) is 2.11. The van der Waals surface area contributed by atoms with Crippen LogP contribution in [0.4, 0.5) is 0 Å². The maximum Gasteiger partial charge on any atom is 0.236 e. The second kappa shape index (κ2) is 6.07. The van der Waals surface area contributed by atoms with Crippen LogP contribution in [0.2, 0.25) is 0 Å². The number of hydrogen-bond acceptors (Lipinski definition) is 6. The minimum atomic E-state index is -2.96. The van der Waals surface area contributed by atoms with E-state index in [-0.39, 0.29) is 23.5 Å². The minimum absolute atomic E-state index is 0.00805. The second-order valence-corrected chi connectivity index (χ2v) is 8.67. The first-order valence-corrected chi connectivity index (χ1v) is 9.68. The molecule has 3 fully saturated rings. The molecule has 8 heteroatoms. The van der Waals surface area contributed by atoms with Gasteiger partial charge in [0.25, 0.3) is 0 Å². The first kappa shape index (κ1) is 16.2. The lowest BCUT2D eigenvalue weighted by atomic mass is 10.0. The largest absolute Gasteiger partial charge is 0.347 e. The number of rotatable bonds is 3. The van der Waals surface area contributed by atoms with E-state index in [4.69, 9.17) is 9.47 Å². The number of carbonyl (C=O) groups excluding carboxylic acids is 1. The van der Waals surface area contributed by atoms with Crippen molar-refractivity contribution < 1.29 is 22.7 Å². The van der Waals surface area contributed by atoms with Gasteiger partial charge >= 0.3 is 0 Å². The molecule has 3 saturated heterocycles. The van der Waals surface area contributed by atoms with E-state index in [2.05, 4.69) is 4.90 Å². The molecule has 3 aliphatic heterocycles. The van der Waals surface area contributed by atoms with Gasteiger partial charge in [0.05, 0.1) is 31.3 Å². The number of amides is 1. The third-order valence-electron chi connectivity index (χ3n) is 4.94. The quantitative estimate of drug-likeness (QED) is 0.692. The number of likely N-dealkylation sites (N-methyl/N-ethyl adjacent to an activating group) is 1. The Hall–Kier alpha value is -0.700. The van der Waals surface area contributed by atoms with Crippen molar-refractivity contribution in [1.82, 2.24) is 9.80 Å². The Morgan fingerprint density at radius 2 is 1.91 bits per heavy atom. The summed E-state index contributed by atoms with van der Waals surface area (Å²) in [6, 6.07) is -0.171. The van der Waals surface area contributed by atoms with Crippen LogP contribution in [0.1, 0.15) is 19.3 Å². The van der Waals surface area contributed by atoms with Gasteiger partial charge in [-0.3, -0.25) is 9.69 Å². The SMILES string of the molecule is CN(C(=O)CN1CCC2(CC1)OCCO2)C1CCS(=O)(=O)C1. The monoisotopic (exact) mass is 332 g/mol. The van der Waals surface area contributed by atoms with Crippen LogP contribution in [0, 0.1) is 0 Å². The molecule has 3 aliphatic rings. The van der Waals surface area contributed by atoms with Gasteiger partial charge in [0, 0.05) is 39.0 Å². The molecule has 0 aromatic carbocycles. The first-order valence-electron chi connectivity index (χ1n) is 7.86. The van der Waals surface area contributed by atoms with E-state index < -0.39 is 15.6 Å². The van der Waals surface area contributed by atoms with E-state index in [0.717, 1.165) is 25.9 Å². The molecule has 7 nitrogen and oxygen atoms in total. The molecule has 0 N–H and O–H groups in total. The number of nitrogens with zero attached hydrogens (tertiary/aromatic N) is 2. The van der Waals surface area contributed by atoms with Gasteiger partial charge in [0.2, 0.25) is 5.91 Å². The molecule has 1 unspecified atom stereocenters. The summed E-state index contributed by atoms with van der Waals surface area (Å²) in [6.45, 7) is 3.17. The van der Waals surface area contributed by atoms with Crippen molar-refractivity contribution in [3.63, 3.8) is 0 Å². The normalized spacial score (nSPS) is 30.7. The van der Waals surface area contributed by atoms with Crippen molar-refractivity contribution in [2.75, 3.05) is 51.4 Å². The summed E-state index contributed by atoms with van der Waals surface area (Å²) in [5.41, 5.74) is 0. The molecular formula is C14H24N2O5S. The van der Waals surface area contributed by atoms with Gasteiger partial charge in [-0.1, -0.05) is 0 Å². The zero-order valence-corrected chi connectivity index (χ0v) is 13.8. The number of sulfone groups is 1. The Labute approximate surface area is 131 Å². The summed E-state index contributed by atoms with van der Waals surface area (Å²) in [4.78, 5) is 16.1. The highest BCUT2D eigenvalue weighted by molar-refractivity contribution is 7.91. The fraction of sp³-hybridized carbons (Fsp3) is 0.929. The van der Waals surface area contributed by atoms with Crippen LogP contribution in [-0.2, 0) is 24.1 Å².